The van der Waals surface area contributed by atoms with Crippen molar-refractivity contribution in [2.24, 2.45) is 0 Å². The molecule has 0 aromatic heterocycles. The van der Waals surface area contributed by atoms with Gasteiger partial charge in [0.05, 0.1) is 0 Å². The molecule has 0 spiro atoms. The Balaban J connectivity index is 1.80. The zero-order valence-electron chi connectivity index (χ0n) is 15.0. The second-order valence-corrected chi connectivity index (χ2v) is 5.93. The quantitative estimate of drug-likeness (QED) is 0.476. The largest absolute Gasteiger partial charge is 0.399 e. The van der Waals surface area contributed by atoms with Crippen molar-refractivity contribution in [1.82, 2.24) is 5.32 Å². The van der Waals surface area contributed by atoms with Crippen molar-refractivity contribution in [3.8, 4) is 0 Å². The number of methoxy groups -OCH3 is 1. The highest BCUT2D eigenvalue weighted by molar-refractivity contribution is 5.95. The highest BCUT2D eigenvalue weighted by atomic mass is 16.5. The molecule has 0 fully saturated rings. The first kappa shape index (κ1) is 19.5. The zero-order chi connectivity index (χ0) is 18.8. The van der Waals surface area contributed by atoms with E-state index >= 15 is 0 Å². The normalized spacial score (nSPS) is 10.3. The number of nitrogens with one attached hydrogen (secondary N) is 2. The Morgan fingerprint density at radius 3 is 2.50 bits per heavy atom. The van der Waals surface area contributed by atoms with Crippen LogP contribution in [0.2, 0.25) is 0 Å². The van der Waals surface area contributed by atoms with E-state index in [-0.39, 0.29) is 11.8 Å². The fraction of sp³-hybridized carbons (Fsp3) is 0.300. The molecule has 2 amide bonds. The third kappa shape index (κ3) is 6.22. The topological polar surface area (TPSA) is 93.5 Å². The van der Waals surface area contributed by atoms with Crippen LogP contribution in [-0.2, 0) is 16.0 Å². The molecule has 0 aliphatic carbocycles. The van der Waals surface area contributed by atoms with Crippen molar-refractivity contribution in [1.29, 1.82) is 0 Å². The van der Waals surface area contributed by atoms with Gasteiger partial charge >= 0.3 is 0 Å². The average Bonchev–Trinajstić information content (AvgIpc) is 2.65. The molecule has 0 saturated heterocycles. The maximum absolute atomic E-state index is 12.1. The molecule has 0 radical (unpaired) electrons. The van der Waals surface area contributed by atoms with Gasteiger partial charge in [-0.1, -0.05) is 18.2 Å². The molecule has 0 aliphatic heterocycles. The third-order valence-corrected chi connectivity index (χ3v) is 3.92. The van der Waals surface area contributed by atoms with Crippen LogP contribution in [0.15, 0.2) is 48.5 Å². The van der Waals surface area contributed by atoms with Crippen molar-refractivity contribution in [3.63, 3.8) is 0 Å². The van der Waals surface area contributed by atoms with Crippen molar-refractivity contribution in [3.05, 3.63) is 59.7 Å². The van der Waals surface area contributed by atoms with E-state index in [4.69, 9.17) is 10.5 Å². The van der Waals surface area contributed by atoms with Crippen molar-refractivity contribution >= 4 is 23.2 Å². The molecule has 0 saturated carbocycles. The number of benzene rings is 2. The van der Waals surface area contributed by atoms with Gasteiger partial charge in [-0.2, -0.15) is 0 Å². The summed E-state index contributed by atoms with van der Waals surface area (Å²) in [6.07, 6.45) is 1.69. The molecule has 138 valence electrons. The molecular weight excluding hydrogens is 330 g/mol. The summed E-state index contributed by atoms with van der Waals surface area (Å²) < 4.78 is 4.94. The van der Waals surface area contributed by atoms with Gasteiger partial charge < -0.3 is 21.1 Å². The third-order valence-electron chi connectivity index (χ3n) is 3.92. The summed E-state index contributed by atoms with van der Waals surface area (Å²) in [5.74, 6) is -0.233. The number of hydrogen-bond acceptors (Lipinski definition) is 4. The number of para-hydroxylation sites is 1. The Kier molecular flexibility index (Phi) is 7.64. The Labute approximate surface area is 153 Å². The van der Waals surface area contributed by atoms with E-state index in [0.29, 0.717) is 42.9 Å². The van der Waals surface area contributed by atoms with Crippen LogP contribution in [0.5, 0.6) is 0 Å². The van der Waals surface area contributed by atoms with Crippen LogP contribution in [-0.4, -0.2) is 32.1 Å². The van der Waals surface area contributed by atoms with Gasteiger partial charge in [0.15, 0.2) is 0 Å². The second-order valence-electron chi connectivity index (χ2n) is 5.93. The lowest BCUT2D eigenvalue weighted by Gasteiger charge is -2.08. The van der Waals surface area contributed by atoms with Crippen LogP contribution in [0.1, 0.15) is 28.8 Å². The van der Waals surface area contributed by atoms with Crippen LogP contribution in [0.25, 0.3) is 0 Å². The molecule has 6 nitrogen and oxygen atoms in total. The smallest absolute Gasteiger partial charge is 0.251 e. The molecule has 2 rings (SSSR count). The number of carbonyl (C=O) groups excluding carboxylic acids is 2. The molecule has 26 heavy (non-hydrogen) atoms. The highest BCUT2D eigenvalue weighted by Gasteiger charge is 2.07. The Bertz CT molecular complexity index is 729. The zero-order valence-corrected chi connectivity index (χ0v) is 15.0. The number of aryl methyl sites for hydroxylation is 1. The maximum atomic E-state index is 12.1. The lowest BCUT2D eigenvalue weighted by Crippen LogP contribution is -2.25. The van der Waals surface area contributed by atoms with Crippen LogP contribution >= 0.6 is 0 Å². The molecule has 0 bridgehead atoms. The summed E-state index contributed by atoms with van der Waals surface area (Å²) >= 11 is 0. The van der Waals surface area contributed by atoms with Crippen LogP contribution in [0.4, 0.5) is 11.4 Å². The molecule has 2 aromatic rings. The minimum Gasteiger partial charge on any atom is -0.399 e. The number of nitrogens with two attached hydrogens (primary N) is 1. The summed E-state index contributed by atoms with van der Waals surface area (Å²) in [6, 6.07) is 14.3. The summed E-state index contributed by atoms with van der Waals surface area (Å²) in [4.78, 5) is 24.1. The number of rotatable bonds is 9. The average molecular weight is 355 g/mol. The van der Waals surface area contributed by atoms with E-state index in [1.165, 1.54) is 0 Å². The van der Waals surface area contributed by atoms with Gasteiger partial charge in [-0.25, -0.2) is 0 Å². The summed E-state index contributed by atoms with van der Waals surface area (Å²) in [7, 11) is 1.63. The molecule has 2 aromatic carbocycles. The number of amides is 2. The number of anilines is 2. The SMILES string of the molecule is COCCCNC(=O)c1ccc(NC(=O)CCc2ccccc2N)cc1. The lowest BCUT2D eigenvalue weighted by atomic mass is 10.1. The Morgan fingerprint density at radius 1 is 1.08 bits per heavy atom. The van der Waals surface area contributed by atoms with Gasteiger partial charge in [0, 0.05) is 43.6 Å². The minimum atomic E-state index is -0.140. The minimum absolute atomic E-state index is 0.0926. The molecule has 4 N–H and O–H groups in total. The van der Waals surface area contributed by atoms with Gasteiger partial charge in [0.2, 0.25) is 5.91 Å². The van der Waals surface area contributed by atoms with Gasteiger partial charge in [-0.3, -0.25) is 9.59 Å². The van der Waals surface area contributed by atoms with Gasteiger partial charge in [-0.05, 0) is 48.7 Å². The van der Waals surface area contributed by atoms with Crippen LogP contribution in [0, 0.1) is 0 Å². The first-order valence-electron chi connectivity index (χ1n) is 8.60. The van der Waals surface area contributed by atoms with E-state index in [0.717, 1.165) is 12.0 Å². The van der Waals surface area contributed by atoms with Crippen molar-refractivity contribution < 1.29 is 14.3 Å². The van der Waals surface area contributed by atoms with E-state index < -0.39 is 0 Å². The second kappa shape index (κ2) is 10.2. The summed E-state index contributed by atoms with van der Waals surface area (Å²) in [5.41, 5.74) is 8.75. The molecule has 0 heterocycles. The number of nitrogen functional groups attached to an aromatic ring is 1. The first-order valence-corrected chi connectivity index (χ1v) is 8.60. The van der Waals surface area contributed by atoms with Crippen LogP contribution in [0.3, 0.4) is 0 Å². The Hall–Kier alpha value is -2.86. The van der Waals surface area contributed by atoms with Crippen LogP contribution < -0.4 is 16.4 Å². The van der Waals surface area contributed by atoms with E-state index in [1.54, 1.807) is 31.4 Å². The summed E-state index contributed by atoms with van der Waals surface area (Å²) in [5, 5.41) is 5.65. The number of hydrogen-bond donors (Lipinski definition) is 3. The van der Waals surface area contributed by atoms with Crippen molar-refractivity contribution in [2.45, 2.75) is 19.3 Å². The highest BCUT2D eigenvalue weighted by Crippen LogP contribution is 2.14. The van der Waals surface area contributed by atoms with E-state index in [1.807, 2.05) is 24.3 Å². The molecule has 6 heteroatoms. The van der Waals surface area contributed by atoms with Gasteiger partial charge in [0.25, 0.3) is 5.91 Å². The van der Waals surface area contributed by atoms with E-state index in [2.05, 4.69) is 10.6 Å². The standard InChI is InChI=1S/C20H25N3O3/c1-26-14-4-13-22-20(25)16-7-10-17(11-8-16)23-19(24)12-9-15-5-2-3-6-18(15)21/h2-3,5-8,10-11H,4,9,12-14,21H2,1H3,(H,22,25)(H,23,24). The number of carbonyl (C=O) groups is 2. The summed E-state index contributed by atoms with van der Waals surface area (Å²) in [6.45, 7) is 1.17. The molecular formula is C20H25N3O3. The fourth-order valence-corrected chi connectivity index (χ4v) is 2.46. The first-order chi connectivity index (χ1) is 12.6. The monoisotopic (exact) mass is 355 g/mol. The number of ether oxygens (including phenoxy) is 1. The lowest BCUT2D eigenvalue weighted by molar-refractivity contribution is -0.116. The fourth-order valence-electron chi connectivity index (χ4n) is 2.46. The van der Waals surface area contributed by atoms with Gasteiger partial charge in [-0.15, -0.1) is 0 Å². The van der Waals surface area contributed by atoms with E-state index in [9.17, 15) is 9.59 Å². The van der Waals surface area contributed by atoms with Crippen molar-refractivity contribution in [2.75, 3.05) is 31.3 Å². The van der Waals surface area contributed by atoms with Gasteiger partial charge in [0.1, 0.15) is 0 Å². The maximum Gasteiger partial charge on any atom is 0.251 e. The molecule has 0 atom stereocenters. The predicted molar refractivity (Wildman–Crippen MR) is 103 cm³/mol. The molecule has 0 unspecified atom stereocenters. The molecule has 0 aliphatic rings. The Morgan fingerprint density at radius 2 is 1.81 bits per heavy atom. The predicted octanol–water partition coefficient (Wildman–Crippen LogP) is 2.61.